The molecule has 1 atom stereocenters. The third kappa shape index (κ3) is 3.54. The van der Waals surface area contributed by atoms with Crippen molar-refractivity contribution in [3.05, 3.63) is 91.4 Å². The second-order valence-corrected chi connectivity index (χ2v) is 9.17. The molecular weight excluding hydrogens is 482 g/mol. The lowest BCUT2D eigenvalue weighted by Gasteiger charge is -2.34. The van der Waals surface area contributed by atoms with E-state index in [4.69, 9.17) is 46.4 Å². The Morgan fingerprint density at radius 3 is 1.90 bits per heavy atom. The molecule has 0 aliphatic heterocycles. The van der Waals surface area contributed by atoms with Crippen molar-refractivity contribution in [3.8, 4) is 11.5 Å². The normalized spacial score (nSPS) is 13.8. The van der Waals surface area contributed by atoms with Crippen LogP contribution >= 0.6 is 46.4 Å². The van der Waals surface area contributed by atoms with E-state index in [0.29, 0.717) is 0 Å². The van der Waals surface area contributed by atoms with Crippen LogP contribution in [0.3, 0.4) is 0 Å². The summed E-state index contributed by atoms with van der Waals surface area (Å²) in [6, 6.07) is 11.6. The van der Waals surface area contributed by atoms with Crippen LogP contribution in [0.2, 0.25) is 20.1 Å². The standard InChI is InChI=1S/C19H12Cl4O5S/c20-14-9-8-13(17(22)18(14)23)19(29(26,27)28,10-4-6-11(24)7-5-10)12-2-1-3-15(25)16(12)21/h1-9,24-25H,(H,26,27,28). The van der Waals surface area contributed by atoms with E-state index in [9.17, 15) is 23.2 Å². The number of benzene rings is 3. The van der Waals surface area contributed by atoms with Crippen molar-refractivity contribution in [3.63, 3.8) is 0 Å². The zero-order valence-electron chi connectivity index (χ0n) is 14.3. The van der Waals surface area contributed by atoms with E-state index in [2.05, 4.69) is 0 Å². The van der Waals surface area contributed by atoms with Gasteiger partial charge in [-0.25, -0.2) is 0 Å². The molecule has 0 heterocycles. The summed E-state index contributed by atoms with van der Waals surface area (Å²) < 4.78 is 34.0. The number of hydrogen-bond acceptors (Lipinski definition) is 4. The fourth-order valence-corrected chi connectivity index (χ4v) is 5.56. The number of phenols is 2. The van der Waals surface area contributed by atoms with Crippen LogP contribution in [0.1, 0.15) is 16.7 Å². The van der Waals surface area contributed by atoms with E-state index in [1.165, 1.54) is 54.6 Å². The second-order valence-electron chi connectivity index (χ2n) is 6.06. The van der Waals surface area contributed by atoms with Gasteiger partial charge in [-0.15, -0.1) is 0 Å². The summed E-state index contributed by atoms with van der Waals surface area (Å²) in [5, 5.41) is 19.1. The van der Waals surface area contributed by atoms with E-state index in [-0.39, 0.29) is 42.5 Å². The lowest BCUT2D eigenvalue weighted by Crippen LogP contribution is -2.39. The highest BCUT2D eigenvalue weighted by molar-refractivity contribution is 7.87. The van der Waals surface area contributed by atoms with Crippen LogP contribution < -0.4 is 0 Å². The van der Waals surface area contributed by atoms with Gasteiger partial charge in [-0.3, -0.25) is 4.55 Å². The summed E-state index contributed by atoms with van der Waals surface area (Å²) in [5.41, 5.74) is -0.326. The Balaban J connectivity index is 2.61. The van der Waals surface area contributed by atoms with Gasteiger partial charge in [0.25, 0.3) is 10.1 Å². The maximum absolute atomic E-state index is 13.0. The predicted molar refractivity (Wildman–Crippen MR) is 114 cm³/mol. The first kappa shape index (κ1) is 22.0. The molecule has 0 saturated carbocycles. The third-order valence-corrected chi connectivity index (χ3v) is 7.57. The Kier molecular flexibility index (Phi) is 5.98. The van der Waals surface area contributed by atoms with Crippen molar-refractivity contribution < 1.29 is 23.2 Å². The maximum atomic E-state index is 13.0. The molecule has 0 saturated heterocycles. The molecular formula is C19H12Cl4O5S. The number of phenolic OH excluding ortho intramolecular Hbond substituents is 2. The van der Waals surface area contributed by atoms with Gasteiger partial charge in [0, 0.05) is 11.1 Å². The minimum atomic E-state index is -5.05. The summed E-state index contributed by atoms with van der Waals surface area (Å²) in [6.07, 6.45) is 0. The molecule has 1 unspecified atom stereocenters. The fourth-order valence-electron chi connectivity index (χ4n) is 3.17. The molecule has 0 aromatic heterocycles. The molecule has 5 nitrogen and oxygen atoms in total. The Hall–Kier alpha value is -1.67. The van der Waals surface area contributed by atoms with Crippen LogP contribution in [0.15, 0.2) is 54.6 Å². The van der Waals surface area contributed by atoms with E-state index in [1.54, 1.807) is 0 Å². The van der Waals surface area contributed by atoms with Gasteiger partial charge in [0.05, 0.1) is 20.1 Å². The van der Waals surface area contributed by atoms with Crippen LogP contribution in [0.5, 0.6) is 11.5 Å². The van der Waals surface area contributed by atoms with Crippen LogP contribution in [-0.2, 0) is 14.9 Å². The number of hydrogen-bond donors (Lipinski definition) is 3. The summed E-state index contributed by atoms with van der Waals surface area (Å²) in [7, 11) is -5.05. The van der Waals surface area contributed by atoms with E-state index >= 15 is 0 Å². The lowest BCUT2D eigenvalue weighted by atomic mass is 9.83. The Morgan fingerprint density at radius 2 is 1.31 bits per heavy atom. The minimum Gasteiger partial charge on any atom is -0.508 e. The van der Waals surface area contributed by atoms with E-state index in [1.807, 2.05) is 0 Å². The maximum Gasteiger partial charge on any atom is 0.283 e. The van der Waals surface area contributed by atoms with Gasteiger partial charge in [-0.2, -0.15) is 8.42 Å². The van der Waals surface area contributed by atoms with Gasteiger partial charge in [0.1, 0.15) is 11.5 Å². The van der Waals surface area contributed by atoms with E-state index in [0.717, 1.165) is 0 Å². The molecule has 0 aliphatic carbocycles. The van der Waals surface area contributed by atoms with Crippen LogP contribution in [0, 0.1) is 0 Å². The molecule has 29 heavy (non-hydrogen) atoms. The molecule has 10 heteroatoms. The van der Waals surface area contributed by atoms with Crippen molar-refractivity contribution >= 4 is 56.5 Å². The van der Waals surface area contributed by atoms with Crippen molar-refractivity contribution in [1.82, 2.24) is 0 Å². The van der Waals surface area contributed by atoms with Crippen molar-refractivity contribution in [2.45, 2.75) is 4.75 Å². The van der Waals surface area contributed by atoms with Crippen LogP contribution in [0.4, 0.5) is 0 Å². The van der Waals surface area contributed by atoms with Crippen molar-refractivity contribution in [1.29, 1.82) is 0 Å². The Morgan fingerprint density at radius 1 is 0.724 bits per heavy atom. The second kappa shape index (κ2) is 7.87. The zero-order chi connectivity index (χ0) is 21.6. The fraction of sp³-hybridized carbons (Fsp3) is 0.0526. The molecule has 0 spiro atoms. The Labute approximate surface area is 186 Å². The number of halogens is 4. The molecule has 0 bridgehead atoms. The average molecular weight is 494 g/mol. The van der Waals surface area contributed by atoms with Gasteiger partial charge < -0.3 is 10.2 Å². The van der Waals surface area contributed by atoms with Crippen molar-refractivity contribution in [2.75, 3.05) is 0 Å². The zero-order valence-corrected chi connectivity index (χ0v) is 18.1. The smallest absolute Gasteiger partial charge is 0.283 e. The average Bonchev–Trinajstić information content (AvgIpc) is 2.65. The first-order valence-corrected chi connectivity index (χ1v) is 10.9. The van der Waals surface area contributed by atoms with E-state index < -0.39 is 20.6 Å². The van der Waals surface area contributed by atoms with Gasteiger partial charge in [-0.1, -0.05) is 76.7 Å². The van der Waals surface area contributed by atoms with Gasteiger partial charge in [0.15, 0.2) is 4.75 Å². The van der Waals surface area contributed by atoms with Crippen molar-refractivity contribution in [2.24, 2.45) is 0 Å². The molecule has 0 amide bonds. The third-order valence-electron chi connectivity index (χ3n) is 4.43. The summed E-state index contributed by atoms with van der Waals surface area (Å²) in [5.74, 6) is -0.549. The first-order valence-electron chi connectivity index (χ1n) is 7.90. The molecule has 0 radical (unpaired) electrons. The molecule has 0 aliphatic rings. The topological polar surface area (TPSA) is 94.8 Å². The summed E-state index contributed by atoms with van der Waals surface area (Å²) >= 11 is 24.8. The highest BCUT2D eigenvalue weighted by atomic mass is 35.5. The monoisotopic (exact) mass is 492 g/mol. The number of rotatable bonds is 4. The molecule has 3 N–H and O–H groups in total. The first-order chi connectivity index (χ1) is 13.5. The highest BCUT2D eigenvalue weighted by Gasteiger charge is 2.51. The van der Waals surface area contributed by atoms with Gasteiger partial charge >= 0.3 is 0 Å². The quantitative estimate of drug-likeness (QED) is 0.239. The summed E-state index contributed by atoms with van der Waals surface area (Å²) in [6.45, 7) is 0. The lowest BCUT2D eigenvalue weighted by molar-refractivity contribution is 0.455. The molecule has 152 valence electrons. The highest BCUT2D eigenvalue weighted by Crippen LogP contribution is 2.51. The van der Waals surface area contributed by atoms with Crippen LogP contribution in [0.25, 0.3) is 0 Å². The summed E-state index contributed by atoms with van der Waals surface area (Å²) in [4.78, 5) is 0. The van der Waals surface area contributed by atoms with Crippen LogP contribution in [-0.4, -0.2) is 23.2 Å². The molecule has 3 aromatic rings. The van der Waals surface area contributed by atoms with Gasteiger partial charge in [-0.05, 0) is 29.8 Å². The Bertz CT molecular complexity index is 1200. The molecule has 0 fully saturated rings. The number of aromatic hydroxyl groups is 2. The minimum absolute atomic E-state index is 0.00871. The largest absolute Gasteiger partial charge is 0.508 e. The SMILES string of the molecule is O=S(=O)(O)C(c1ccc(O)cc1)(c1cccc(O)c1Cl)c1ccc(Cl)c(Cl)c1Cl. The predicted octanol–water partition coefficient (Wildman–Crippen LogP) is 5.89. The molecule has 3 rings (SSSR count). The molecule has 3 aromatic carbocycles. The van der Waals surface area contributed by atoms with Gasteiger partial charge in [0.2, 0.25) is 0 Å².